The number of hydrazine groups is 1. The molecule has 0 bridgehead atoms. The van der Waals surface area contributed by atoms with Crippen molar-refractivity contribution in [3.05, 3.63) is 0 Å². The lowest BCUT2D eigenvalue weighted by atomic mass is 10.1. The lowest BCUT2D eigenvalue weighted by molar-refractivity contribution is -0.161. The predicted octanol–water partition coefficient (Wildman–Crippen LogP) is -0.902. The molecule has 2 atom stereocenters. The summed E-state index contributed by atoms with van der Waals surface area (Å²) in [5.74, 6) is -0.518. The van der Waals surface area contributed by atoms with Crippen molar-refractivity contribution in [2.45, 2.75) is 31.3 Å². The second-order valence-corrected chi connectivity index (χ2v) is 4.21. The van der Waals surface area contributed by atoms with Crippen LogP contribution in [0.15, 0.2) is 0 Å². The van der Waals surface area contributed by atoms with E-state index in [-0.39, 0.29) is 11.9 Å². The summed E-state index contributed by atoms with van der Waals surface area (Å²) in [6, 6.07) is -0.975. The molecule has 1 amide bonds. The van der Waals surface area contributed by atoms with Crippen LogP contribution in [0.1, 0.15) is 19.3 Å². The number of methoxy groups -OCH3 is 1. The maximum atomic E-state index is 12.0. The van der Waals surface area contributed by atoms with E-state index < -0.39 is 12.1 Å². The summed E-state index contributed by atoms with van der Waals surface area (Å²) < 4.78 is 4.71. The highest BCUT2D eigenvalue weighted by Gasteiger charge is 2.43. The van der Waals surface area contributed by atoms with Crippen molar-refractivity contribution in [1.82, 2.24) is 10.0 Å². The fraction of sp³-hybridized carbons (Fsp3) is 0.800. The molecule has 0 aromatic carbocycles. The van der Waals surface area contributed by atoms with Crippen LogP contribution in [-0.2, 0) is 14.3 Å². The molecular formula is C10H17N3O3. The number of esters is 1. The number of nitrogens with two attached hydrogens (primary N) is 1. The molecule has 16 heavy (non-hydrogen) atoms. The first-order valence-corrected chi connectivity index (χ1v) is 5.56. The standard InChI is InChI=1S/C10H17N3O3/c1-16-10(15)8-4-6-12-5-2-3-7(11)9(14)13(8)12/h7-8H,2-6,11H2,1H3/t7-,8-/m0/s1. The highest BCUT2D eigenvalue weighted by molar-refractivity contribution is 5.87. The summed E-state index contributed by atoms with van der Waals surface area (Å²) >= 11 is 0. The van der Waals surface area contributed by atoms with E-state index in [1.165, 1.54) is 12.1 Å². The van der Waals surface area contributed by atoms with Gasteiger partial charge in [0.2, 0.25) is 0 Å². The lowest BCUT2D eigenvalue weighted by Crippen LogP contribution is -2.52. The average molecular weight is 227 g/mol. The quantitative estimate of drug-likeness (QED) is 0.587. The second-order valence-electron chi connectivity index (χ2n) is 4.21. The summed E-state index contributed by atoms with van der Waals surface area (Å²) in [5, 5.41) is 3.42. The molecule has 0 radical (unpaired) electrons. The zero-order chi connectivity index (χ0) is 11.7. The van der Waals surface area contributed by atoms with Crippen molar-refractivity contribution < 1.29 is 14.3 Å². The molecule has 2 saturated heterocycles. The van der Waals surface area contributed by atoms with Crippen LogP contribution in [0, 0.1) is 0 Å². The minimum atomic E-state index is -0.491. The fourth-order valence-corrected chi connectivity index (χ4v) is 2.35. The van der Waals surface area contributed by atoms with Gasteiger partial charge in [-0.2, -0.15) is 0 Å². The van der Waals surface area contributed by atoms with E-state index in [1.807, 2.05) is 5.01 Å². The van der Waals surface area contributed by atoms with Gasteiger partial charge in [0, 0.05) is 13.1 Å². The van der Waals surface area contributed by atoms with Crippen LogP contribution in [-0.4, -0.2) is 54.2 Å². The van der Waals surface area contributed by atoms with Crippen molar-refractivity contribution in [2.75, 3.05) is 20.2 Å². The molecule has 6 nitrogen and oxygen atoms in total. The normalized spacial score (nSPS) is 31.1. The second kappa shape index (κ2) is 4.39. The van der Waals surface area contributed by atoms with Gasteiger partial charge in [0.25, 0.3) is 5.91 Å². The number of hydrogen-bond acceptors (Lipinski definition) is 5. The Morgan fingerprint density at radius 2 is 2.19 bits per heavy atom. The van der Waals surface area contributed by atoms with Gasteiger partial charge >= 0.3 is 5.97 Å². The van der Waals surface area contributed by atoms with Crippen LogP contribution in [0.4, 0.5) is 0 Å². The number of fused-ring (bicyclic) bond motifs is 1. The van der Waals surface area contributed by atoms with E-state index in [0.29, 0.717) is 12.8 Å². The molecule has 0 aliphatic carbocycles. The molecule has 2 heterocycles. The summed E-state index contributed by atoms with van der Waals surface area (Å²) in [7, 11) is 1.34. The van der Waals surface area contributed by atoms with E-state index in [1.54, 1.807) is 0 Å². The van der Waals surface area contributed by atoms with Crippen LogP contribution in [0.25, 0.3) is 0 Å². The van der Waals surface area contributed by atoms with Crippen LogP contribution < -0.4 is 5.73 Å². The Kier molecular flexibility index (Phi) is 3.11. The van der Waals surface area contributed by atoms with Gasteiger partial charge in [-0.25, -0.2) is 9.80 Å². The third-order valence-corrected chi connectivity index (χ3v) is 3.21. The molecule has 0 spiro atoms. The third-order valence-electron chi connectivity index (χ3n) is 3.21. The molecule has 0 saturated carbocycles. The molecule has 90 valence electrons. The number of nitrogens with zero attached hydrogens (tertiary/aromatic N) is 2. The molecule has 2 rings (SSSR count). The van der Waals surface area contributed by atoms with Crippen molar-refractivity contribution in [3.63, 3.8) is 0 Å². The van der Waals surface area contributed by atoms with E-state index in [9.17, 15) is 9.59 Å². The first-order valence-electron chi connectivity index (χ1n) is 5.56. The maximum absolute atomic E-state index is 12.0. The molecule has 0 aromatic rings. The van der Waals surface area contributed by atoms with Gasteiger partial charge in [-0.1, -0.05) is 0 Å². The van der Waals surface area contributed by atoms with Gasteiger partial charge in [0.05, 0.1) is 13.2 Å². The Bertz CT molecular complexity index is 308. The molecule has 0 aromatic heterocycles. The van der Waals surface area contributed by atoms with Gasteiger partial charge in [0.15, 0.2) is 0 Å². The zero-order valence-electron chi connectivity index (χ0n) is 9.39. The molecule has 2 fully saturated rings. The summed E-state index contributed by atoms with van der Waals surface area (Å²) in [5.41, 5.74) is 5.77. The van der Waals surface area contributed by atoms with Gasteiger partial charge in [0.1, 0.15) is 6.04 Å². The van der Waals surface area contributed by atoms with E-state index in [2.05, 4.69) is 0 Å². The number of ether oxygens (including phenoxy) is 1. The van der Waals surface area contributed by atoms with Crippen molar-refractivity contribution >= 4 is 11.9 Å². The largest absolute Gasteiger partial charge is 0.467 e. The molecule has 0 unspecified atom stereocenters. The number of carbonyl (C=O) groups excluding carboxylic acids is 2. The van der Waals surface area contributed by atoms with E-state index >= 15 is 0 Å². The first kappa shape index (κ1) is 11.3. The van der Waals surface area contributed by atoms with Crippen LogP contribution in [0.3, 0.4) is 0 Å². The zero-order valence-corrected chi connectivity index (χ0v) is 9.39. The Labute approximate surface area is 94.3 Å². The Morgan fingerprint density at radius 3 is 2.88 bits per heavy atom. The van der Waals surface area contributed by atoms with Crippen LogP contribution in [0.2, 0.25) is 0 Å². The summed E-state index contributed by atoms with van der Waals surface area (Å²) in [4.78, 5) is 23.6. The molecule has 6 heteroatoms. The van der Waals surface area contributed by atoms with Gasteiger partial charge < -0.3 is 10.5 Å². The predicted molar refractivity (Wildman–Crippen MR) is 56.0 cm³/mol. The Morgan fingerprint density at radius 1 is 1.44 bits per heavy atom. The van der Waals surface area contributed by atoms with Crippen molar-refractivity contribution in [1.29, 1.82) is 0 Å². The Balaban J connectivity index is 2.20. The molecule has 2 aliphatic rings. The topological polar surface area (TPSA) is 75.9 Å². The summed E-state index contributed by atoms with van der Waals surface area (Å²) in [6.45, 7) is 1.51. The number of hydrogen-bond donors (Lipinski definition) is 1. The van der Waals surface area contributed by atoms with E-state index in [0.717, 1.165) is 19.5 Å². The van der Waals surface area contributed by atoms with Gasteiger partial charge in [-0.15, -0.1) is 0 Å². The number of amides is 1. The highest BCUT2D eigenvalue weighted by atomic mass is 16.5. The third kappa shape index (κ3) is 1.78. The first-order chi connectivity index (χ1) is 7.65. The SMILES string of the molecule is COC(=O)[C@@H]1CCN2CCC[C@H](N)C(=O)N12. The molecule has 2 N–H and O–H groups in total. The fourth-order valence-electron chi connectivity index (χ4n) is 2.35. The number of carbonyl (C=O) groups is 2. The van der Waals surface area contributed by atoms with Gasteiger partial charge in [-0.3, -0.25) is 9.80 Å². The highest BCUT2D eigenvalue weighted by Crippen LogP contribution is 2.24. The van der Waals surface area contributed by atoms with E-state index in [4.69, 9.17) is 10.5 Å². The minimum Gasteiger partial charge on any atom is -0.467 e. The maximum Gasteiger partial charge on any atom is 0.330 e. The molecule has 2 aliphatic heterocycles. The van der Waals surface area contributed by atoms with Crippen molar-refractivity contribution in [2.24, 2.45) is 5.73 Å². The van der Waals surface area contributed by atoms with Gasteiger partial charge in [-0.05, 0) is 19.3 Å². The summed E-state index contributed by atoms with van der Waals surface area (Å²) in [6.07, 6.45) is 2.20. The lowest BCUT2D eigenvalue weighted by Gasteiger charge is -2.29. The number of rotatable bonds is 1. The average Bonchev–Trinajstić information content (AvgIpc) is 2.65. The Hall–Kier alpha value is -1.14. The molecular weight excluding hydrogens is 210 g/mol. The van der Waals surface area contributed by atoms with Crippen LogP contribution >= 0.6 is 0 Å². The van der Waals surface area contributed by atoms with Crippen LogP contribution in [0.5, 0.6) is 0 Å². The monoisotopic (exact) mass is 227 g/mol. The smallest absolute Gasteiger partial charge is 0.330 e. The van der Waals surface area contributed by atoms with Crippen molar-refractivity contribution in [3.8, 4) is 0 Å². The minimum absolute atomic E-state index is 0.162.